The van der Waals surface area contributed by atoms with Crippen LogP contribution in [0.1, 0.15) is 38.7 Å². The summed E-state index contributed by atoms with van der Waals surface area (Å²) in [5, 5.41) is 12.1. The highest BCUT2D eigenvalue weighted by Gasteiger charge is 2.34. The highest BCUT2D eigenvalue weighted by Crippen LogP contribution is 2.22. The summed E-state index contributed by atoms with van der Waals surface area (Å²) in [7, 11) is -0.963. The second-order valence-electron chi connectivity index (χ2n) is 11.0. The van der Waals surface area contributed by atoms with Gasteiger partial charge in [-0.15, -0.1) is 0 Å². The summed E-state index contributed by atoms with van der Waals surface area (Å²) >= 11 is 0. The Kier molecular flexibility index (Phi) is 8.71. The maximum Gasteiger partial charge on any atom is 0.318 e. The van der Waals surface area contributed by atoms with E-state index in [4.69, 9.17) is 5.26 Å². The first kappa shape index (κ1) is 25.4. The van der Waals surface area contributed by atoms with Gasteiger partial charge in [-0.3, -0.25) is 0 Å². The average molecular weight is 472 g/mol. The minimum Gasteiger partial charge on any atom is -0.338 e. The molecule has 9 heteroatoms. The van der Waals surface area contributed by atoms with Crippen molar-refractivity contribution in [2.45, 2.75) is 70.9 Å². The summed E-state index contributed by atoms with van der Waals surface area (Å²) in [6.07, 6.45) is 6.66. The number of nitrogens with zero attached hydrogens (tertiary/aromatic N) is 6. The second-order valence-corrected chi connectivity index (χ2v) is 16.6. The number of hydrogen-bond acceptors (Lipinski definition) is 6. The molecule has 1 aromatic heterocycles. The summed E-state index contributed by atoms with van der Waals surface area (Å²) < 4.78 is 0. The summed E-state index contributed by atoms with van der Waals surface area (Å²) in [5.74, 6) is 1.33. The van der Waals surface area contributed by atoms with Gasteiger partial charge >= 0.3 is 6.03 Å². The zero-order chi connectivity index (χ0) is 24.0. The smallest absolute Gasteiger partial charge is 0.318 e. The van der Waals surface area contributed by atoms with Gasteiger partial charge in [-0.25, -0.2) is 14.8 Å². The Labute approximate surface area is 200 Å². The Balaban J connectivity index is 1.39. The maximum absolute atomic E-state index is 12.9. The molecule has 0 aliphatic carbocycles. The highest BCUT2D eigenvalue weighted by molar-refractivity contribution is 6.76. The lowest BCUT2D eigenvalue weighted by molar-refractivity contribution is 0.139. The molecule has 0 saturated carbocycles. The van der Waals surface area contributed by atoms with Crippen molar-refractivity contribution >= 4 is 20.1 Å². The summed E-state index contributed by atoms with van der Waals surface area (Å²) in [6.45, 7) is 17.3. The van der Waals surface area contributed by atoms with E-state index in [0.717, 1.165) is 13.0 Å². The maximum atomic E-state index is 12.9. The lowest BCUT2D eigenvalue weighted by atomic mass is 9.93. The molecule has 1 aromatic rings. The van der Waals surface area contributed by atoms with E-state index in [-0.39, 0.29) is 18.1 Å². The molecule has 3 heterocycles. The third-order valence-electron chi connectivity index (χ3n) is 6.92. The number of nitrogens with one attached hydrogen (secondary N) is 1. The van der Waals surface area contributed by atoms with Crippen LogP contribution in [0.5, 0.6) is 0 Å². The van der Waals surface area contributed by atoms with E-state index in [1.807, 2.05) is 11.0 Å². The molecule has 0 unspecified atom stereocenters. The molecule has 8 nitrogen and oxygen atoms in total. The van der Waals surface area contributed by atoms with Gasteiger partial charge in [0.15, 0.2) is 0 Å². The number of carbonyl (C=O) groups excluding carboxylic acids is 1. The minimum absolute atomic E-state index is 0.0305. The third-order valence-corrected chi connectivity index (χ3v) is 8.64. The lowest BCUT2D eigenvalue weighted by Gasteiger charge is -2.44. The van der Waals surface area contributed by atoms with Crippen LogP contribution < -0.4 is 10.2 Å². The molecule has 2 fully saturated rings. The molecular weight excluding hydrogens is 430 g/mol. The van der Waals surface area contributed by atoms with E-state index in [2.05, 4.69) is 58.6 Å². The highest BCUT2D eigenvalue weighted by atomic mass is 28.3. The van der Waals surface area contributed by atoms with Crippen molar-refractivity contribution in [3.8, 4) is 6.07 Å². The molecule has 0 radical (unpaired) electrons. The molecule has 2 aliphatic rings. The van der Waals surface area contributed by atoms with Crippen molar-refractivity contribution in [2.75, 3.05) is 44.2 Å². The van der Waals surface area contributed by atoms with Crippen molar-refractivity contribution in [1.82, 2.24) is 25.1 Å². The fourth-order valence-corrected chi connectivity index (χ4v) is 5.88. The van der Waals surface area contributed by atoms with Gasteiger partial charge < -0.3 is 20.0 Å². The van der Waals surface area contributed by atoms with Crippen molar-refractivity contribution in [3.63, 3.8) is 0 Å². The quantitative estimate of drug-likeness (QED) is 0.613. The fraction of sp³-hybridized carbons (Fsp3) is 0.750. The van der Waals surface area contributed by atoms with Gasteiger partial charge in [-0.05, 0) is 64.7 Å². The predicted molar refractivity (Wildman–Crippen MR) is 135 cm³/mol. The van der Waals surface area contributed by atoms with Crippen LogP contribution in [0.2, 0.25) is 25.7 Å². The largest absolute Gasteiger partial charge is 0.338 e. The van der Waals surface area contributed by atoms with Crippen LogP contribution >= 0.6 is 0 Å². The lowest BCUT2D eigenvalue weighted by Crippen LogP contribution is -2.61. The number of aromatic nitrogens is 2. The van der Waals surface area contributed by atoms with Gasteiger partial charge in [0.25, 0.3) is 0 Å². The van der Waals surface area contributed by atoms with Gasteiger partial charge in [0, 0.05) is 39.8 Å². The van der Waals surface area contributed by atoms with E-state index in [1.165, 1.54) is 38.5 Å². The van der Waals surface area contributed by atoms with E-state index < -0.39 is 8.07 Å². The number of nitriles is 1. The molecule has 0 spiro atoms. The SMILES string of the molecule is C[C@@H]1CN(c2ncc(C#N)cn2)C[C@H](C)N1C(=O)NCCC1CCN(CC[Si](C)(C)C)CC1. The number of piperidine rings is 1. The summed E-state index contributed by atoms with van der Waals surface area (Å²) in [4.78, 5) is 28.3. The van der Waals surface area contributed by atoms with Gasteiger partial charge in [0.1, 0.15) is 6.07 Å². The first-order chi connectivity index (χ1) is 15.7. The normalized spacial score (nSPS) is 22.8. The van der Waals surface area contributed by atoms with Crippen LogP contribution in [0.25, 0.3) is 0 Å². The molecular formula is C24H41N7OSi. The van der Waals surface area contributed by atoms with Gasteiger partial charge in [-0.1, -0.05) is 19.6 Å². The van der Waals surface area contributed by atoms with Crippen LogP contribution in [0.15, 0.2) is 12.4 Å². The third kappa shape index (κ3) is 7.41. The number of anilines is 1. The molecule has 182 valence electrons. The van der Waals surface area contributed by atoms with Crippen molar-refractivity contribution in [2.24, 2.45) is 5.92 Å². The number of hydrogen-bond donors (Lipinski definition) is 1. The topological polar surface area (TPSA) is 88.4 Å². The molecule has 0 aromatic carbocycles. The first-order valence-electron chi connectivity index (χ1n) is 12.4. The molecule has 2 atom stereocenters. The molecule has 2 saturated heterocycles. The second kappa shape index (κ2) is 11.3. The van der Waals surface area contributed by atoms with Crippen LogP contribution in [0.3, 0.4) is 0 Å². The minimum atomic E-state index is -0.963. The van der Waals surface area contributed by atoms with Crippen molar-refractivity contribution in [3.05, 3.63) is 18.0 Å². The van der Waals surface area contributed by atoms with Gasteiger partial charge in [0.2, 0.25) is 5.95 Å². The number of piperazine rings is 1. The fourth-order valence-electron chi connectivity index (χ4n) is 4.90. The number of likely N-dealkylation sites (tertiary alicyclic amines) is 1. The number of urea groups is 1. The molecule has 2 aliphatic heterocycles. The molecule has 3 rings (SSSR count). The summed E-state index contributed by atoms with van der Waals surface area (Å²) in [5.41, 5.74) is 0.454. The van der Waals surface area contributed by atoms with Crippen LogP contribution in [-0.4, -0.2) is 85.2 Å². The first-order valence-corrected chi connectivity index (χ1v) is 16.1. The molecule has 2 amide bonds. The van der Waals surface area contributed by atoms with E-state index in [9.17, 15) is 4.79 Å². The van der Waals surface area contributed by atoms with E-state index in [0.29, 0.717) is 30.5 Å². The zero-order valence-corrected chi connectivity index (χ0v) is 22.0. The van der Waals surface area contributed by atoms with E-state index >= 15 is 0 Å². The molecule has 0 bridgehead atoms. The van der Waals surface area contributed by atoms with Crippen molar-refractivity contribution in [1.29, 1.82) is 5.26 Å². The van der Waals surface area contributed by atoms with Gasteiger partial charge in [-0.2, -0.15) is 5.26 Å². The van der Waals surface area contributed by atoms with Crippen molar-refractivity contribution < 1.29 is 4.79 Å². The zero-order valence-electron chi connectivity index (χ0n) is 21.0. The predicted octanol–water partition coefficient (Wildman–Crippen LogP) is 3.40. The number of rotatable bonds is 7. The Morgan fingerprint density at radius 2 is 1.76 bits per heavy atom. The van der Waals surface area contributed by atoms with Crippen LogP contribution in [0.4, 0.5) is 10.7 Å². The standard InChI is InChI=1S/C24H41N7OSi/c1-19-17-30(23-27-15-22(14-25)16-28-23)18-20(2)31(19)24(32)26-9-6-21-7-10-29(11-8-21)12-13-33(3,4)5/h15-16,19-21H,6-13,17-18H2,1-5H3,(H,26,32)/t19-,20+. The Morgan fingerprint density at radius 3 is 2.30 bits per heavy atom. The summed E-state index contributed by atoms with van der Waals surface area (Å²) in [6, 6.07) is 3.58. The Hall–Kier alpha value is -2.18. The molecule has 1 N–H and O–H groups in total. The molecule has 33 heavy (non-hydrogen) atoms. The number of amides is 2. The Bertz CT molecular complexity index is 800. The van der Waals surface area contributed by atoms with Crippen LogP contribution in [0, 0.1) is 17.2 Å². The van der Waals surface area contributed by atoms with Gasteiger partial charge in [0.05, 0.1) is 18.0 Å². The monoisotopic (exact) mass is 471 g/mol. The van der Waals surface area contributed by atoms with E-state index in [1.54, 1.807) is 12.4 Å². The number of carbonyl (C=O) groups is 1. The van der Waals surface area contributed by atoms with Crippen LogP contribution in [-0.2, 0) is 0 Å². The average Bonchev–Trinajstić information content (AvgIpc) is 2.77. The Morgan fingerprint density at radius 1 is 1.15 bits per heavy atom.